The molecule has 148 valence electrons. The third kappa shape index (κ3) is 5.47. The Bertz CT molecular complexity index is 1020. The molecule has 0 saturated carbocycles. The number of carbonyl (C=O) groups excluding carboxylic acids is 1. The minimum absolute atomic E-state index is 0.137. The summed E-state index contributed by atoms with van der Waals surface area (Å²) in [6.45, 7) is 1.36. The van der Waals surface area contributed by atoms with Gasteiger partial charge in [-0.25, -0.2) is 0 Å². The van der Waals surface area contributed by atoms with Gasteiger partial charge in [-0.3, -0.25) is 4.79 Å². The zero-order valence-corrected chi connectivity index (χ0v) is 16.5. The van der Waals surface area contributed by atoms with Crippen LogP contribution in [0.5, 0.6) is 5.75 Å². The van der Waals surface area contributed by atoms with Crippen LogP contribution in [0.25, 0.3) is 0 Å². The summed E-state index contributed by atoms with van der Waals surface area (Å²) in [6, 6.07) is 20.4. The second-order valence-corrected chi connectivity index (χ2v) is 6.85. The average Bonchev–Trinajstić information content (AvgIpc) is 3.20. The predicted octanol–water partition coefficient (Wildman–Crippen LogP) is 3.72. The molecule has 0 aliphatic carbocycles. The van der Waals surface area contributed by atoms with Gasteiger partial charge in [-0.05, 0) is 49.5 Å². The van der Waals surface area contributed by atoms with E-state index in [4.69, 9.17) is 14.4 Å². The first kappa shape index (κ1) is 20.2. The van der Waals surface area contributed by atoms with Crippen molar-refractivity contribution in [2.75, 3.05) is 14.1 Å². The predicted molar refractivity (Wildman–Crippen MR) is 109 cm³/mol. The minimum atomic E-state index is -0.284. The summed E-state index contributed by atoms with van der Waals surface area (Å²) >= 11 is 0. The molecule has 29 heavy (non-hydrogen) atoms. The lowest BCUT2D eigenvalue weighted by Crippen LogP contribution is -2.23. The largest absolute Gasteiger partial charge is 0.484 e. The SMILES string of the molecule is CN(C)Cc1ccccc1CNC(=O)c1ccc(COc2ccccc2C#N)o1. The zero-order chi connectivity index (χ0) is 20.6. The van der Waals surface area contributed by atoms with Crippen LogP contribution in [0.15, 0.2) is 65.1 Å². The number of para-hydroxylation sites is 1. The summed E-state index contributed by atoms with van der Waals surface area (Å²) in [7, 11) is 4.02. The Hall–Kier alpha value is -3.56. The molecule has 1 heterocycles. The van der Waals surface area contributed by atoms with Gasteiger partial charge < -0.3 is 19.4 Å². The van der Waals surface area contributed by atoms with Crippen LogP contribution in [0.3, 0.4) is 0 Å². The van der Waals surface area contributed by atoms with Gasteiger partial charge in [-0.15, -0.1) is 0 Å². The van der Waals surface area contributed by atoms with Crippen LogP contribution in [0.1, 0.15) is 33.0 Å². The van der Waals surface area contributed by atoms with E-state index in [2.05, 4.69) is 22.4 Å². The third-order valence-electron chi connectivity index (χ3n) is 4.31. The summed E-state index contributed by atoms with van der Waals surface area (Å²) in [5.74, 6) is 0.932. The maximum Gasteiger partial charge on any atom is 0.287 e. The number of amides is 1. The fourth-order valence-corrected chi connectivity index (χ4v) is 2.90. The Morgan fingerprint density at radius 3 is 2.55 bits per heavy atom. The molecule has 6 heteroatoms. The van der Waals surface area contributed by atoms with Crippen LogP contribution in [-0.4, -0.2) is 24.9 Å². The van der Waals surface area contributed by atoms with Gasteiger partial charge in [0.15, 0.2) is 5.76 Å². The summed E-state index contributed by atoms with van der Waals surface area (Å²) in [6.07, 6.45) is 0. The van der Waals surface area contributed by atoms with Crippen LogP contribution in [0.4, 0.5) is 0 Å². The van der Waals surface area contributed by atoms with Crippen molar-refractivity contribution in [2.45, 2.75) is 19.7 Å². The van der Waals surface area contributed by atoms with Gasteiger partial charge in [0.25, 0.3) is 5.91 Å². The molecular formula is C23H23N3O3. The Morgan fingerprint density at radius 2 is 1.79 bits per heavy atom. The van der Waals surface area contributed by atoms with Crippen molar-refractivity contribution in [3.8, 4) is 11.8 Å². The van der Waals surface area contributed by atoms with Gasteiger partial charge in [0, 0.05) is 13.1 Å². The lowest BCUT2D eigenvalue weighted by atomic mass is 10.1. The molecule has 3 rings (SSSR count). The van der Waals surface area contributed by atoms with Gasteiger partial charge >= 0.3 is 0 Å². The second kappa shape index (κ2) is 9.58. The molecule has 1 N–H and O–H groups in total. The molecular weight excluding hydrogens is 366 g/mol. The smallest absolute Gasteiger partial charge is 0.287 e. The quantitative estimate of drug-likeness (QED) is 0.635. The lowest BCUT2D eigenvalue weighted by molar-refractivity contribution is 0.0919. The van der Waals surface area contributed by atoms with Gasteiger partial charge in [-0.2, -0.15) is 5.26 Å². The Balaban J connectivity index is 1.58. The highest BCUT2D eigenvalue weighted by Crippen LogP contribution is 2.19. The molecule has 1 aromatic heterocycles. The number of ether oxygens (including phenoxy) is 1. The molecule has 0 unspecified atom stereocenters. The minimum Gasteiger partial charge on any atom is -0.484 e. The van der Waals surface area contributed by atoms with Crippen LogP contribution in [-0.2, 0) is 19.7 Å². The topological polar surface area (TPSA) is 78.5 Å². The second-order valence-electron chi connectivity index (χ2n) is 6.85. The van der Waals surface area contributed by atoms with E-state index in [0.717, 1.165) is 12.1 Å². The monoisotopic (exact) mass is 389 g/mol. The number of furan rings is 1. The van der Waals surface area contributed by atoms with Gasteiger partial charge in [-0.1, -0.05) is 36.4 Å². The van der Waals surface area contributed by atoms with Crippen molar-refractivity contribution in [3.05, 3.63) is 88.9 Å². The molecule has 0 spiro atoms. The standard InChI is InChI=1S/C23H23N3O3/c1-26(2)15-19-9-4-3-8-18(19)14-25-23(27)22-12-11-20(29-22)16-28-21-10-6-5-7-17(21)13-24/h3-12H,14-16H2,1-2H3,(H,25,27). The zero-order valence-electron chi connectivity index (χ0n) is 16.5. The third-order valence-corrected chi connectivity index (χ3v) is 4.31. The van der Waals surface area contributed by atoms with E-state index in [9.17, 15) is 4.79 Å². The van der Waals surface area contributed by atoms with E-state index in [1.54, 1.807) is 36.4 Å². The Labute approximate surface area is 170 Å². The van der Waals surface area contributed by atoms with E-state index >= 15 is 0 Å². The maximum atomic E-state index is 12.4. The maximum absolute atomic E-state index is 12.4. The van der Waals surface area contributed by atoms with Crippen LogP contribution < -0.4 is 10.1 Å². The number of carbonyl (C=O) groups is 1. The van der Waals surface area contributed by atoms with Gasteiger partial charge in [0.05, 0.1) is 5.56 Å². The fraction of sp³-hybridized carbons (Fsp3) is 0.217. The summed E-state index contributed by atoms with van der Waals surface area (Å²) in [5.41, 5.74) is 2.69. The molecule has 0 radical (unpaired) electrons. The van der Waals surface area contributed by atoms with E-state index in [1.807, 2.05) is 32.3 Å². The van der Waals surface area contributed by atoms with E-state index < -0.39 is 0 Å². The Morgan fingerprint density at radius 1 is 1.07 bits per heavy atom. The summed E-state index contributed by atoms with van der Waals surface area (Å²) in [4.78, 5) is 14.5. The normalized spacial score (nSPS) is 10.6. The van der Waals surface area contributed by atoms with E-state index in [0.29, 0.717) is 23.6 Å². The van der Waals surface area contributed by atoms with Crippen molar-refractivity contribution < 1.29 is 13.9 Å². The number of nitrogens with zero attached hydrogens (tertiary/aromatic N) is 2. The number of benzene rings is 2. The molecule has 6 nitrogen and oxygen atoms in total. The molecule has 0 atom stereocenters. The lowest BCUT2D eigenvalue weighted by Gasteiger charge is -2.14. The first-order valence-electron chi connectivity index (χ1n) is 9.27. The van der Waals surface area contributed by atoms with Gasteiger partial charge in [0.2, 0.25) is 0 Å². The average molecular weight is 389 g/mol. The molecule has 1 amide bonds. The number of hydrogen-bond donors (Lipinski definition) is 1. The highest BCUT2D eigenvalue weighted by Gasteiger charge is 2.13. The number of nitrogens with one attached hydrogen (secondary N) is 1. The molecule has 0 fully saturated rings. The van der Waals surface area contributed by atoms with Crippen molar-refractivity contribution >= 4 is 5.91 Å². The number of nitriles is 1. The molecule has 3 aromatic rings. The van der Waals surface area contributed by atoms with E-state index in [1.165, 1.54) is 5.56 Å². The molecule has 0 saturated heterocycles. The molecule has 0 aliphatic rings. The molecule has 0 aliphatic heterocycles. The van der Waals surface area contributed by atoms with Gasteiger partial charge in [0.1, 0.15) is 24.2 Å². The molecule has 2 aromatic carbocycles. The van der Waals surface area contributed by atoms with Crippen LogP contribution in [0.2, 0.25) is 0 Å². The van der Waals surface area contributed by atoms with Crippen LogP contribution in [0, 0.1) is 11.3 Å². The fourth-order valence-electron chi connectivity index (χ4n) is 2.90. The van der Waals surface area contributed by atoms with Crippen molar-refractivity contribution in [3.63, 3.8) is 0 Å². The highest BCUT2D eigenvalue weighted by atomic mass is 16.5. The molecule has 0 bridgehead atoms. The summed E-state index contributed by atoms with van der Waals surface area (Å²) < 4.78 is 11.2. The number of rotatable bonds is 8. The summed E-state index contributed by atoms with van der Waals surface area (Å²) in [5, 5.41) is 12.0. The highest BCUT2D eigenvalue weighted by molar-refractivity contribution is 5.91. The van der Waals surface area contributed by atoms with Crippen LogP contribution >= 0.6 is 0 Å². The first-order valence-corrected chi connectivity index (χ1v) is 9.27. The van der Waals surface area contributed by atoms with Crippen molar-refractivity contribution in [1.29, 1.82) is 5.26 Å². The van der Waals surface area contributed by atoms with Crippen molar-refractivity contribution in [2.24, 2.45) is 0 Å². The van der Waals surface area contributed by atoms with E-state index in [-0.39, 0.29) is 18.3 Å². The Kier molecular flexibility index (Phi) is 6.67. The van der Waals surface area contributed by atoms with Crippen molar-refractivity contribution in [1.82, 2.24) is 10.2 Å². The first-order chi connectivity index (χ1) is 14.1. The number of hydrogen-bond acceptors (Lipinski definition) is 5.